The molecule has 0 aromatic heterocycles. The van der Waals surface area contributed by atoms with Gasteiger partial charge in [0.2, 0.25) is 23.6 Å². The van der Waals surface area contributed by atoms with Crippen molar-refractivity contribution in [1.29, 1.82) is 0 Å². The third-order valence-electron chi connectivity index (χ3n) is 12.5. The molecule has 17 heteroatoms. The van der Waals surface area contributed by atoms with Crippen LogP contribution in [0.2, 0.25) is 10.0 Å². The number of halogens is 3. The highest BCUT2D eigenvalue weighted by molar-refractivity contribution is 6.42. The molecule has 0 aliphatic carbocycles. The standard InChI is InChI=1S/C28H28Cl2N4O3.C28H29FN4O3/c29-23-12-11-21(15-24(23)30)19-7-9-20(10-8-19)27(36)33-25-6-1-2-13-34(28(25)37)17-26(35)32-22-5-3-4-18(14-22)16-31;29-23-13-11-21(12-14-23)20-7-9-22(10-8-20)27(35)32-25-6-1-2-15-33(28(25)36)18-26(34)31-24-5-3-4-19(16-24)17-30/h3-5,7-12,14-15,25H,1-2,6,13,16-17,31H2,(H,32,35)(H,33,36);3-5,7-14,16,25H,1-2,6,15,17-18,30H2,(H,31,34)(H,32,35). The number of likely N-dealkylation sites (tertiary alicyclic amines) is 2. The largest absolute Gasteiger partial charge is 0.340 e. The van der Waals surface area contributed by atoms with Crippen LogP contribution in [0, 0.1) is 5.82 Å². The SMILES string of the molecule is NCc1cccc(NC(=O)CN2CCCCC(NC(=O)c3ccc(-c4ccc(Cl)c(Cl)c4)cc3)C2=O)c1.NCc1cccc(NC(=O)CN2CCCCC(NC(=O)c3ccc(-c4ccc(F)cc4)cc3)C2=O)c1. The molecule has 378 valence electrons. The van der Waals surface area contributed by atoms with Gasteiger partial charge in [-0.25, -0.2) is 4.39 Å². The van der Waals surface area contributed by atoms with E-state index in [1.807, 2.05) is 42.5 Å². The average molecular weight is 1030 g/mol. The Kier molecular flexibility index (Phi) is 18.9. The van der Waals surface area contributed by atoms with E-state index >= 15 is 0 Å². The molecule has 8 N–H and O–H groups in total. The first-order chi connectivity index (χ1) is 35.3. The maximum atomic E-state index is 13.2. The summed E-state index contributed by atoms with van der Waals surface area (Å²) >= 11 is 12.1. The first-order valence-corrected chi connectivity index (χ1v) is 24.8. The molecule has 2 unspecified atom stereocenters. The van der Waals surface area contributed by atoms with Crippen molar-refractivity contribution in [2.24, 2.45) is 11.5 Å². The quantitative estimate of drug-likeness (QED) is 0.0621. The summed E-state index contributed by atoms with van der Waals surface area (Å²) in [5, 5.41) is 12.2. The van der Waals surface area contributed by atoms with Gasteiger partial charge in [0.25, 0.3) is 11.8 Å². The van der Waals surface area contributed by atoms with E-state index in [0.29, 0.717) is 71.6 Å². The summed E-state index contributed by atoms with van der Waals surface area (Å²) in [6.45, 7) is 1.47. The average Bonchev–Trinajstić information content (AvgIpc) is 3.67. The number of anilines is 2. The molecule has 2 atom stereocenters. The zero-order chi connectivity index (χ0) is 51.9. The fraction of sp³-hybridized carbons (Fsp3) is 0.250. The molecule has 0 radical (unpaired) electrons. The van der Waals surface area contributed by atoms with E-state index in [1.165, 1.54) is 21.9 Å². The summed E-state index contributed by atoms with van der Waals surface area (Å²) in [6, 6.07) is 38.6. The van der Waals surface area contributed by atoms with Crippen molar-refractivity contribution >= 4 is 70.0 Å². The number of nitrogens with two attached hydrogens (primary N) is 2. The highest BCUT2D eigenvalue weighted by atomic mass is 35.5. The van der Waals surface area contributed by atoms with Gasteiger partial charge in [-0.1, -0.05) is 89.9 Å². The lowest BCUT2D eigenvalue weighted by molar-refractivity contribution is -0.136. The van der Waals surface area contributed by atoms with Crippen molar-refractivity contribution in [2.75, 3.05) is 36.8 Å². The molecule has 2 heterocycles. The van der Waals surface area contributed by atoms with Gasteiger partial charge in [-0.05, 0) is 145 Å². The maximum Gasteiger partial charge on any atom is 0.251 e. The number of hydrogen-bond acceptors (Lipinski definition) is 8. The molecule has 2 saturated heterocycles. The molecule has 0 saturated carbocycles. The van der Waals surface area contributed by atoms with Gasteiger partial charge in [0.05, 0.1) is 23.1 Å². The lowest BCUT2D eigenvalue weighted by atomic mass is 10.0. The maximum absolute atomic E-state index is 13.2. The number of carbonyl (C=O) groups excluding carboxylic acids is 6. The van der Waals surface area contributed by atoms with E-state index in [2.05, 4.69) is 21.3 Å². The van der Waals surface area contributed by atoms with E-state index in [0.717, 1.165) is 59.1 Å². The Morgan fingerprint density at radius 2 is 0.932 bits per heavy atom. The number of benzene rings is 6. The van der Waals surface area contributed by atoms with Gasteiger partial charge in [-0.3, -0.25) is 28.8 Å². The predicted molar refractivity (Wildman–Crippen MR) is 283 cm³/mol. The summed E-state index contributed by atoms with van der Waals surface area (Å²) < 4.78 is 13.2. The van der Waals surface area contributed by atoms with Crippen molar-refractivity contribution in [2.45, 2.75) is 63.7 Å². The Labute approximate surface area is 433 Å². The molecule has 0 spiro atoms. The van der Waals surface area contributed by atoms with Crippen molar-refractivity contribution < 1.29 is 33.2 Å². The Morgan fingerprint density at radius 1 is 0.521 bits per heavy atom. The molecule has 73 heavy (non-hydrogen) atoms. The van der Waals surface area contributed by atoms with Crippen molar-refractivity contribution in [1.82, 2.24) is 20.4 Å². The zero-order valence-corrected chi connectivity index (χ0v) is 41.6. The minimum atomic E-state index is -0.704. The van der Waals surface area contributed by atoms with Gasteiger partial charge in [0.15, 0.2) is 0 Å². The van der Waals surface area contributed by atoms with E-state index < -0.39 is 12.1 Å². The Balaban J connectivity index is 0.000000214. The van der Waals surface area contributed by atoms with Crippen molar-refractivity contribution in [3.05, 3.63) is 178 Å². The highest BCUT2D eigenvalue weighted by Crippen LogP contribution is 2.29. The third-order valence-corrected chi connectivity index (χ3v) is 13.2. The van der Waals surface area contributed by atoms with Crippen LogP contribution in [0.3, 0.4) is 0 Å². The van der Waals surface area contributed by atoms with E-state index in [9.17, 15) is 33.2 Å². The number of nitrogens with zero attached hydrogens (tertiary/aromatic N) is 2. The van der Waals surface area contributed by atoms with Crippen LogP contribution in [0.5, 0.6) is 0 Å². The summed E-state index contributed by atoms with van der Waals surface area (Å²) in [6.07, 6.45) is 4.06. The molecule has 2 fully saturated rings. The lowest BCUT2D eigenvalue weighted by Crippen LogP contribution is -2.49. The first kappa shape index (κ1) is 53.4. The molecule has 2 aliphatic heterocycles. The summed E-state index contributed by atoms with van der Waals surface area (Å²) in [5.41, 5.74) is 18.7. The zero-order valence-electron chi connectivity index (χ0n) is 40.1. The second-order valence-electron chi connectivity index (χ2n) is 17.8. The van der Waals surface area contributed by atoms with Gasteiger partial charge >= 0.3 is 0 Å². The third kappa shape index (κ3) is 15.1. The summed E-state index contributed by atoms with van der Waals surface area (Å²) in [7, 11) is 0. The Bertz CT molecular complexity index is 2920. The van der Waals surface area contributed by atoms with Crippen molar-refractivity contribution in [3.63, 3.8) is 0 Å². The number of carbonyl (C=O) groups is 6. The van der Waals surface area contributed by atoms with Gasteiger partial charge in [0.1, 0.15) is 17.9 Å². The number of amides is 6. The Hall–Kier alpha value is -7.43. The van der Waals surface area contributed by atoms with Gasteiger partial charge < -0.3 is 42.5 Å². The fourth-order valence-electron chi connectivity index (χ4n) is 8.52. The second-order valence-corrected chi connectivity index (χ2v) is 18.6. The van der Waals surface area contributed by atoms with Crippen LogP contribution >= 0.6 is 23.2 Å². The highest BCUT2D eigenvalue weighted by Gasteiger charge is 2.31. The van der Waals surface area contributed by atoms with Gasteiger partial charge in [-0.2, -0.15) is 0 Å². The molecule has 14 nitrogen and oxygen atoms in total. The molecule has 6 amide bonds. The van der Waals surface area contributed by atoms with Crippen LogP contribution in [0.25, 0.3) is 22.3 Å². The van der Waals surface area contributed by atoms with E-state index in [4.69, 9.17) is 34.7 Å². The number of rotatable bonds is 14. The lowest BCUT2D eigenvalue weighted by Gasteiger charge is -2.24. The molecule has 2 aliphatic rings. The monoisotopic (exact) mass is 1030 g/mol. The first-order valence-electron chi connectivity index (χ1n) is 24.1. The van der Waals surface area contributed by atoms with Crippen LogP contribution in [-0.2, 0) is 32.3 Å². The summed E-state index contributed by atoms with van der Waals surface area (Å²) in [4.78, 5) is 80.4. The smallest absolute Gasteiger partial charge is 0.251 e. The van der Waals surface area contributed by atoms with Gasteiger partial charge in [0, 0.05) is 48.7 Å². The minimum Gasteiger partial charge on any atom is -0.340 e. The number of nitrogens with one attached hydrogen (secondary N) is 4. The van der Waals surface area contributed by atoms with E-state index in [1.54, 1.807) is 84.9 Å². The molecule has 0 bridgehead atoms. The molecule has 8 rings (SSSR count). The predicted octanol–water partition coefficient (Wildman–Crippen LogP) is 8.57. The molecular weight excluding hydrogens is 971 g/mol. The second kappa shape index (κ2) is 25.8. The molecule has 6 aromatic carbocycles. The van der Waals surface area contributed by atoms with Crippen LogP contribution in [0.1, 0.15) is 70.4 Å². The topological polar surface area (TPSA) is 209 Å². The van der Waals surface area contributed by atoms with Crippen LogP contribution in [0.15, 0.2) is 140 Å². The van der Waals surface area contributed by atoms with Crippen LogP contribution in [0.4, 0.5) is 15.8 Å². The fourth-order valence-corrected chi connectivity index (χ4v) is 8.82. The number of hydrogen-bond donors (Lipinski definition) is 6. The normalized spacial score (nSPS) is 15.7. The Morgan fingerprint density at radius 3 is 1.36 bits per heavy atom. The van der Waals surface area contributed by atoms with Crippen LogP contribution in [-0.4, -0.2) is 83.5 Å². The van der Waals surface area contributed by atoms with Crippen molar-refractivity contribution in [3.8, 4) is 22.3 Å². The van der Waals surface area contributed by atoms with Crippen LogP contribution < -0.4 is 32.7 Å². The molecule has 6 aromatic rings. The minimum absolute atomic E-state index is 0.0869. The van der Waals surface area contributed by atoms with Gasteiger partial charge in [-0.15, -0.1) is 0 Å². The molecular formula is C56H57Cl2FN8O6. The van der Waals surface area contributed by atoms with E-state index in [-0.39, 0.29) is 54.3 Å². The summed E-state index contributed by atoms with van der Waals surface area (Å²) in [5.74, 6) is -2.14.